The number of hydrogen-bond acceptors (Lipinski definition) is 5. The highest BCUT2D eigenvalue weighted by atomic mass is 35.5. The minimum Gasteiger partial charge on any atom is -0.493 e. The summed E-state index contributed by atoms with van der Waals surface area (Å²) in [5.74, 6) is 1.38. The van der Waals surface area contributed by atoms with Crippen molar-refractivity contribution in [2.75, 3.05) is 20.8 Å². The van der Waals surface area contributed by atoms with Crippen LogP contribution in [-0.2, 0) is 4.79 Å². The molecule has 2 rings (SSSR count). The lowest BCUT2D eigenvalue weighted by atomic mass is 10.2. The van der Waals surface area contributed by atoms with E-state index in [1.165, 1.54) is 6.21 Å². The lowest BCUT2D eigenvalue weighted by Gasteiger charge is -2.07. The van der Waals surface area contributed by atoms with Crippen LogP contribution >= 0.6 is 11.6 Å². The van der Waals surface area contributed by atoms with E-state index in [4.69, 9.17) is 25.8 Å². The zero-order chi connectivity index (χ0) is 17.4. The third kappa shape index (κ3) is 5.17. The van der Waals surface area contributed by atoms with Crippen LogP contribution in [0.4, 0.5) is 0 Å². The fraction of sp³-hybridized carbons (Fsp3) is 0.176. The van der Waals surface area contributed by atoms with Gasteiger partial charge in [0.1, 0.15) is 5.75 Å². The summed E-state index contributed by atoms with van der Waals surface area (Å²) in [7, 11) is 3.11. The maximum Gasteiger partial charge on any atom is 0.277 e. The Kier molecular flexibility index (Phi) is 6.45. The Hall–Kier alpha value is -2.73. The number of methoxy groups -OCH3 is 2. The molecule has 1 N–H and O–H groups in total. The monoisotopic (exact) mass is 348 g/mol. The number of hydrazone groups is 1. The van der Waals surface area contributed by atoms with E-state index in [-0.39, 0.29) is 12.5 Å². The Morgan fingerprint density at radius 2 is 1.83 bits per heavy atom. The summed E-state index contributed by atoms with van der Waals surface area (Å²) < 4.78 is 15.7. The number of nitrogens with zero attached hydrogens (tertiary/aromatic N) is 1. The molecule has 0 fully saturated rings. The van der Waals surface area contributed by atoms with Gasteiger partial charge in [0.05, 0.1) is 20.4 Å². The van der Waals surface area contributed by atoms with Crippen LogP contribution in [0.3, 0.4) is 0 Å². The predicted molar refractivity (Wildman–Crippen MR) is 92.2 cm³/mol. The highest BCUT2D eigenvalue weighted by molar-refractivity contribution is 6.30. The fourth-order valence-electron chi connectivity index (χ4n) is 1.82. The summed E-state index contributed by atoms with van der Waals surface area (Å²) in [6.07, 6.45) is 1.50. The van der Waals surface area contributed by atoms with Crippen LogP contribution in [0, 0.1) is 0 Å². The minimum absolute atomic E-state index is 0.148. The largest absolute Gasteiger partial charge is 0.493 e. The van der Waals surface area contributed by atoms with E-state index in [2.05, 4.69) is 10.5 Å². The standard InChI is InChI=1S/C17H17ClN2O4/c1-22-15-8-3-12(9-16(15)23-2)10-19-20-17(21)11-24-14-6-4-13(18)5-7-14/h3-10H,11H2,1-2H3,(H,20,21)/b19-10+. The van der Waals surface area contributed by atoms with Crippen molar-refractivity contribution in [3.05, 3.63) is 53.1 Å². The molecule has 0 saturated carbocycles. The van der Waals surface area contributed by atoms with Crippen molar-refractivity contribution in [1.82, 2.24) is 5.43 Å². The molecule has 0 aromatic heterocycles. The van der Waals surface area contributed by atoms with E-state index in [0.717, 1.165) is 5.56 Å². The number of halogens is 1. The minimum atomic E-state index is -0.373. The first-order valence-corrected chi connectivity index (χ1v) is 7.42. The SMILES string of the molecule is COc1ccc(/C=N/NC(=O)COc2ccc(Cl)cc2)cc1OC. The molecule has 24 heavy (non-hydrogen) atoms. The molecule has 0 heterocycles. The molecular formula is C17H17ClN2O4. The third-order valence-electron chi connectivity index (χ3n) is 2.99. The first-order valence-electron chi connectivity index (χ1n) is 7.04. The summed E-state index contributed by atoms with van der Waals surface area (Å²) in [4.78, 5) is 11.7. The van der Waals surface area contributed by atoms with Gasteiger partial charge in [0.15, 0.2) is 18.1 Å². The van der Waals surface area contributed by atoms with Gasteiger partial charge in [0.2, 0.25) is 0 Å². The van der Waals surface area contributed by atoms with Crippen LogP contribution in [0.1, 0.15) is 5.56 Å². The molecule has 2 aromatic carbocycles. The van der Waals surface area contributed by atoms with Gasteiger partial charge in [-0.3, -0.25) is 4.79 Å². The molecule has 126 valence electrons. The van der Waals surface area contributed by atoms with Crippen molar-refractivity contribution in [3.8, 4) is 17.2 Å². The molecule has 0 saturated heterocycles. The van der Waals surface area contributed by atoms with Gasteiger partial charge in [-0.05, 0) is 48.0 Å². The Labute approximate surface area is 145 Å². The highest BCUT2D eigenvalue weighted by Crippen LogP contribution is 2.26. The number of rotatable bonds is 7. The highest BCUT2D eigenvalue weighted by Gasteiger charge is 2.04. The van der Waals surface area contributed by atoms with Crippen LogP contribution < -0.4 is 19.6 Å². The number of amides is 1. The van der Waals surface area contributed by atoms with Crippen LogP contribution in [0.5, 0.6) is 17.2 Å². The Balaban J connectivity index is 1.84. The van der Waals surface area contributed by atoms with Crippen molar-refractivity contribution in [2.24, 2.45) is 5.10 Å². The van der Waals surface area contributed by atoms with E-state index in [1.807, 2.05) is 0 Å². The number of benzene rings is 2. The molecule has 0 radical (unpaired) electrons. The molecule has 6 nitrogen and oxygen atoms in total. The van der Waals surface area contributed by atoms with Gasteiger partial charge in [0, 0.05) is 5.02 Å². The number of hydrogen-bond donors (Lipinski definition) is 1. The molecule has 7 heteroatoms. The van der Waals surface area contributed by atoms with Crippen LogP contribution in [0.15, 0.2) is 47.6 Å². The van der Waals surface area contributed by atoms with Gasteiger partial charge in [-0.1, -0.05) is 11.6 Å². The van der Waals surface area contributed by atoms with Crippen LogP contribution in [-0.4, -0.2) is 32.9 Å². The third-order valence-corrected chi connectivity index (χ3v) is 3.25. The predicted octanol–water partition coefficient (Wildman–Crippen LogP) is 2.89. The fourth-order valence-corrected chi connectivity index (χ4v) is 1.95. The van der Waals surface area contributed by atoms with Gasteiger partial charge in [-0.15, -0.1) is 0 Å². The van der Waals surface area contributed by atoms with Crippen molar-refractivity contribution in [3.63, 3.8) is 0 Å². The lowest BCUT2D eigenvalue weighted by molar-refractivity contribution is -0.123. The van der Waals surface area contributed by atoms with E-state index >= 15 is 0 Å². The van der Waals surface area contributed by atoms with Crippen molar-refractivity contribution in [2.45, 2.75) is 0 Å². The van der Waals surface area contributed by atoms with E-state index in [0.29, 0.717) is 22.3 Å². The molecule has 0 atom stereocenters. The smallest absolute Gasteiger partial charge is 0.277 e. The summed E-state index contributed by atoms with van der Waals surface area (Å²) in [5.41, 5.74) is 3.14. The zero-order valence-electron chi connectivity index (χ0n) is 13.3. The number of carbonyl (C=O) groups is 1. The first kappa shape index (κ1) is 17.6. The normalized spacial score (nSPS) is 10.5. The topological polar surface area (TPSA) is 69.2 Å². The molecule has 0 aliphatic heterocycles. The Bertz CT molecular complexity index is 717. The second-order valence-corrected chi connectivity index (χ2v) is 5.09. The number of carbonyl (C=O) groups excluding carboxylic acids is 1. The molecule has 0 bridgehead atoms. The van der Waals surface area contributed by atoms with Crippen molar-refractivity contribution >= 4 is 23.7 Å². The van der Waals surface area contributed by atoms with Gasteiger partial charge >= 0.3 is 0 Å². The molecule has 0 aliphatic rings. The summed E-state index contributed by atoms with van der Waals surface area (Å²) in [6.45, 7) is -0.148. The van der Waals surface area contributed by atoms with Crippen LogP contribution in [0.25, 0.3) is 0 Å². The van der Waals surface area contributed by atoms with E-state index in [1.54, 1.807) is 56.7 Å². The second-order valence-electron chi connectivity index (χ2n) is 4.65. The molecule has 1 amide bonds. The zero-order valence-corrected chi connectivity index (χ0v) is 14.0. The number of nitrogens with one attached hydrogen (secondary N) is 1. The maximum atomic E-state index is 11.7. The quantitative estimate of drug-likeness (QED) is 0.617. The maximum absolute atomic E-state index is 11.7. The molecule has 0 spiro atoms. The lowest BCUT2D eigenvalue weighted by Crippen LogP contribution is -2.24. The first-order chi connectivity index (χ1) is 11.6. The Morgan fingerprint density at radius 3 is 2.50 bits per heavy atom. The summed E-state index contributed by atoms with van der Waals surface area (Å²) >= 11 is 5.77. The van der Waals surface area contributed by atoms with Gasteiger partial charge in [-0.2, -0.15) is 5.10 Å². The summed E-state index contributed by atoms with van der Waals surface area (Å²) in [6, 6.07) is 12.0. The van der Waals surface area contributed by atoms with Gasteiger partial charge in [-0.25, -0.2) is 5.43 Å². The number of ether oxygens (including phenoxy) is 3. The van der Waals surface area contributed by atoms with E-state index in [9.17, 15) is 4.79 Å². The van der Waals surface area contributed by atoms with Crippen molar-refractivity contribution in [1.29, 1.82) is 0 Å². The van der Waals surface area contributed by atoms with Crippen molar-refractivity contribution < 1.29 is 19.0 Å². The molecule has 0 unspecified atom stereocenters. The van der Waals surface area contributed by atoms with Gasteiger partial charge in [0.25, 0.3) is 5.91 Å². The second kappa shape index (κ2) is 8.79. The average molecular weight is 349 g/mol. The summed E-state index contributed by atoms with van der Waals surface area (Å²) in [5, 5.41) is 4.48. The average Bonchev–Trinajstić information content (AvgIpc) is 2.61. The van der Waals surface area contributed by atoms with E-state index < -0.39 is 0 Å². The Morgan fingerprint density at radius 1 is 1.12 bits per heavy atom. The molecule has 2 aromatic rings. The molecular weight excluding hydrogens is 332 g/mol. The molecule has 0 aliphatic carbocycles. The van der Waals surface area contributed by atoms with Gasteiger partial charge < -0.3 is 14.2 Å². The van der Waals surface area contributed by atoms with Crippen LogP contribution in [0.2, 0.25) is 5.02 Å².